The molecule has 0 saturated carbocycles. The van der Waals surface area contributed by atoms with Gasteiger partial charge in [-0.15, -0.1) is 0 Å². The van der Waals surface area contributed by atoms with Crippen molar-refractivity contribution >= 4 is 38.9 Å². The fourth-order valence-electron chi connectivity index (χ4n) is 3.20. The lowest BCUT2D eigenvalue weighted by molar-refractivity contribution is -0.122. The fourth-order valence-corrected chi connectivity index (χ4v) is 4.80. The predicted molar refractivity (Wildman–Crippen MR) is 118 cm³/mol. The van der Waals surface area contributed by atoms with Crippen molar-refractivity contribution in [2.45, 2.75) is 11.0 Å². The fraction of sp³-hybridized carbons (Fsp3) is 0.136. The standard InChI is InChI=1S/C22H19ClN2O5S/c1-29-17-10-12-18(13-11-17)31(27,28)25-14-21(30-20-5-3-2-4-19(20)25)22(26)24-16-8-6-15(23)7-9-16/h2-13,21H,14H2,1H3,(H,24,26). The number of halogens is 1. The third kappa shape index (κ3) is 4.30. The third-order valence-corrected chi connectivity index (χ3v) is 6.83. The Hall–Kier alpha value is -3.23. The van der Waals surface area contributed by atoms with Crippen molar-refractivity contribution in [2.75, 3.05) is 23.3 Å². The predicted octanol–water partition coefficient (Wildman–Crippen LogP) is 3.94. The summed E-state index contributed by atoms with van der Waals surface area (Å²) in [5, 5.41) is 3.28. The van der Waals surface area contributed by atoms with Gasteiger partial charge in [0.1, 0.15) is 11.5 Å². The van der Waals surface area contributed by atoms with Crippen LogP contribution in [0.5, 0.6) is 11.5 Å². The molecule has 1 heterocycles. The maximum Gasteiger partial charge on any atom is 0.267 e. The lowest BCUT2D eigenvalue weighted by atomic mass is 10.2. The summed E-state index contributed by atoms with van der Waals surface area (Å²) in [5.74, 6) is 0.385. The minimum Gasteiger partial charge on any atom is -0.497 e. The summed E-state index contributed by atoms with van der Waals surface area (Å²) in [6.07, 6.45) is -1.04. The van der Waals surface area contributed by atoms with E-state index in [9.17, 15) is 13.2 Å². The zero-order valence-electron chi connectivity index (χ0n) is 16.5. The van der Waals surface area contributed by atoms with Gasteiger partial charge in [0.15, 0.2) is 6.10 Å². The Morgan fingerprint density at radius 2 is 1.74 bits per heavy atom. The zero-order chi connectivity index (χ0) is 22.0. The molecule has 0 aliphatic carbocycles. The average Bonchev–Trinajstić information content (AvgIpc) is 2.79. The van der Waals surface area contributed by atoms with Crippen LogP contribution >= 0.6 is 11.6 Å². The molecule has 0 fully saturated rings. The minimum absolute atomic E-state index is 0.0851. The molecule has 7 nitrogen and oxygen atoms in total. The maximum absolute atomic E-state index is 13.4. The first-order chi connectivity index (χ1) is 14.9. The Morgan fingerprint density at radius 1 is 1.06 bits per heavy atom. The second-order valence-corrected chi connectivity index (χ2v) is 9.08. The molecule has 4 rings (SSSR count). The van der Waals surface area contributed by atoms with Crippen molar-refractivity contribution in [2.24, 2.45) is 0 Å². The van der Waals surface area contributed by atoms with Crippen LogP contribution in [0, 0.1) is 0 Å². The van der Waals surface area contributed by atoms with Crippen LogP contribution in [0.1, 0.15) is 0 Å². The third-order valence-electron chi connectivity index (χ3n) is 4.79. The first-order valence-electron chi connectivity index (χ1n) is 9.37. The van der Waals surface area contributed by atoms with Gasteiger partial charge in [-0.1, -0.05) is 23.7 Å². The lowest BCUT2D eigenvalue weighted by Crippen LogP contribution is -2.48. The number of anilines is 2. The molecule has 1 aliphatic heterocycles. The van der Waals surface area contributed by atoms with Gasteiger partial charge in [0.2, 0.25) is 0 Å². The number of methoxy groups -OCH3 is 1. The normalized spacial score (nSPS) is 15.5. The van der Waals surface area contributed by atoms with Gasteiger partial charge >= 0.3 is 0 Å². The first-order valence-corrected chi connectivity index (χ1v) is 11.2. The van der Waals surface area contributed by atoms with Crippen molar-refractivity contribution in [1.29, 1.82) is 0 Å². The molecule has 0 bridgehead atoms. The van der Waals surface area contributed by atoms with Crippen LogP contribution in [-0.4, -0.2) is 34.1 Å². The Balaban J connectivity index is 1.65. The van der Waals surface area contributed by atoms with Crippen molar-refractivity contribution in [1.82, 2.24) is 0 Å². The summed E-state index contributed by atoms with van der Waals surface area (Å²) in [7, 11) is -2.44. The minimum atomic E-state index is -3.94. The number of nitrogens with zero attached hydrogens (tertiary/aromatic N) is 1. The van der Waals surface area contributed by atoms with Crippen molar-refractivity contribution < 1.29 is 22.7 Å². The summed E-state index contributed by atoms with van der Waals surface area (Å²) < 4.78 is 38.9. The van der Waals surface area contributed by atoms with Crippen molar-refractivity contribution in [3.8, 4) is 11.5 Å². The van der Waals surface area contributed by atoms with Crippen LogP contribution in [-0.2, 0) is 14.8 Å². The number of ether oxygens (including phenoxy) is 2. The maximum atomic E-state index is 13.4. The highest BCUT2D eigenvalue weighted by Gasteiger charge is 2.37. The molecule has 1 aliphatic rings. The number of para-hydroxylation sites is 2. The van der Waals surface area contributed by atoms with Crippen LogP contribution in [0.4, 0.5) is 11.4 Å². The molecule has 1 unspecified atom stereocenters. The quantitative estimate of drug-likeness (QED) is 0.626. The van der Waals surface area contributed by atoms with Crippen LogP contribution in [0.15, 0.2) is 77.7 Å². The van der Waals surface area contributed by atoms with E-state index in [4.69, 9.17) is 21.1 Å². The Kier molecular flexibility index (Phi) is 5.75. The number of carbonyl (C=O) groups excluding carboxylic acids is 1. The van der Waals surface area contributed by atoms with Crippen LogP contribution in [0.2, 0.25) is 5.02 Å². The molecule has 3 aromatic rings. The van der Waals surface area contributed by atoms with Gasteiger partial charge < -0.3 is 14.8 Å². The smallest absolute Gasteiger partial charge is 0.267 e. The van der Waals surface area contributed by atoms with Crippen molar-refractivity contribution in [3.63, 3.8) is 0 Å². The molecule has 1 amide bonds. The highest BCUT2D eigenvalue weighted by Crippen LogP contribution is 2.37. The van der Waals surface area contributed by atoms with Gasteiger partial charge in [-0.2, -0.15) is 0 Å². The molecule has 0 saturated heterocycles. The summed E-state index contributed by atoms with van der Waals surface area (Å²) in [6.45, 7) is -0.176. The second kappa shape index (κ2) is 8.49. The molecule has 3 aromatic carbocycles. The van der Waals surface area contributed by atoms with Gasteiger partial charge in [0.25, 0.3) is 15.9 Å². The SMILES string of the molecule is COc1ccc(S(=O)(=O)N2CC(C(=O)Nc3ccc(Cl)cc3)Oc3ccccc32)cc1. The van der Waals surface area contributed by atoms with E-state index >= 15 is 0 Å². The highest BCUT2D eigenvalue weighted by molar-refractivity contribution is 7.92. The first kappa shape index (κ1) is 21.0. The van der Waals surface area contributed by atoms with Crippen LogP contribution in [0.3, 0.4) is 0 Å². The van der Waals surface area contributed by atoms with Gasteiger partial charge in [-0.25, -0.2) is 8.42 Å². The summed E-state index contributed by atoms with van der Waals surface area (Å²) in [5.41, 5.74) is 0.898. The summed E-state index contributed by atoms with van der Waals surface area (Å²) in [4.78, 5) is 12.9. The zero-order valence-corrected chi connectivity index (χ0v) is 18.1. The number of hydrogen-bond donors (Lipinski definition) is 1. The molecule has 0 aromatic heterocycles. The van der Waals surface area contributed by atoms with E-state index in [1.807, 2.05) is 0 Å². The van der Waals surface area contributed by atoms with E-state index in [0.29, 0.717) is 27.9 Å². The van der Waals surface area contributed by atoms with Crippen LogP contribution < -0.4 is 19.1 Å². The van der Waals surface area contributed by atoms with Gasteiger partial charge in [-0.3, -0.25) is 9.10 Å². The number of sulfonamides is 1. The highest BCUT2D eigenvalue weighted by atomic mass is 35.5. The summed E-state index contributed by atoms with van der Waals surface area (Å²) in [6, 6.07) is 19.4. The van der Waals surface area contributed by atoms with Gasteiger partial charge in [0.05, 0.1) is 24.2 Å². The van der Waals surface area contributed by atoms with E-state index in [0.717, 1.165) is 0 Å². The average molecular weight is 459 g/mol. The van der Waals surface area contributed by atoms with E-state index in [1.54, 1.807) is 60.7 Å². The summed E-state index contributed by atoms with van der Waals surface area (Å²) >= 11 is 5.88. The van der Waals surface area contributed by atoms with E-state index in [2.05, 4.69) is 5.32 Å². The molecule has 31 heavy (non-hydrogen) atoms. The lowest BCUT2D eigenvalue weighted by Gasteiger charge is -2.34. The van der Waals surface area contributed by atoms with Crippen LogP contribution in [0.25, 0.3) is 0 Å². The van der Waals surface area contributed by atoms with Gasteiger partial charge in [-0.05, 0) is 60.7 Å². The Morgan fingerprint density at radius 3 is 2.42 bits per heavy atom. The van der Waals surface area contributed by atoms with Crippen molar-refractivity contribution in [3.05, 3.63) is 77.8 Å². The number of amides is 1. The largest absolute Gasteiger partial charge is 0.497 e. The molecule has 1 atom stereocenters. The molecule has 1 N–H and O–H groups in total. The monoisotopic (exact) mass is 458 g/mol. The number of carbonyl (C=O) groups is 1. The second-order valence-electron chi connectivity index (χ2n) is 6.78. The molecule has 0 radical (unpaired) electrons. The molecular weight excluding hydrogens is 440 g/mol. The number of benzene rings is 3. The van der Waals surface area contributed by atoms with E-state index < -0.39 is 22.0 Å². The molecule has 9 heteroatoms. The number of nitrogens with one attached hydrogen (secondary N) is 1. The molecule has 160 valence electrons. The number of fused-ring (bicyclic) bond motifs is 1. The topological polar surface area (TPSA) is 84.9 Å². The Bertz CT molecular complexity index is 1200. The van der Waals surface area contributed by atoms with E-state index in [1.165, 1.54) is 23.5 Å². The Labute approximate surface area is 185 Å². The molecular formula is C22H19ClN2O5S. The molecule has 0 spiro atoms. The van der Waals surface area contributed by atoms with E-state index in [-0.39, 0.29) is 11.4 Å². The number of rotatable bonds is 5. The number of hydrogen-bond acceptors (Lipinski definition) is 5. The van der Waals surface area contributed by atoms with Gasteiger partial charge in [0, 0.05) is 10.7 Å².